The number of carbonyl (C=O) groups is 1. The zero-order valence-electron chi connectivity index (χ0n) is 9.32. The van der Waals surface area contributed by atoms with E-state index in [9.17, 15) is 9.18 Å². The van der Waals surface area contributed by atoms with Gasteiger partial charge in [0.15, 0.2) is 0 Å². The second-order valence-corrected chi connectivity index (χ2v) is 3.19. The highest BCUT2D eigenvalue weighted by atomic mass is 35.5. The zero-order chi connectivity index (χ0) is 11.8. The second-order valence-electron chi connectivity index (χ2n) is 3.19. The summed E-state index contributed by atoms with van der Waals surface area (Å²) in [5.74, 6) is 0.00285. The first-order valence-electron chi connectivity index (χ1n) is 5.07. The second kappa shape index (κ2) is 8.78. The number of halogens is 2. The van der Waals surface area contributed by atoms with E-state index in [0.717, 1.165) is 0 Å². The van der Waals surface area contributed by atoms with E-state index in [-0.39, 0.29) is 24.1 Å². The predicted molar refractivity (Wildman–Crippen MR) is 65.8 cm³/mol. The molecular formula is C11H16ClFN2O2. The van der Waals surface area contributed by atoms with Crippen LogP contribution in [0, 0.1) is 5.82 Å². The van der Waals surface area contributed by atoms with Gasteiger partial charge in [-0.2, -0.15) is 0 Å². The summed E-state index contributed by atoms with van der Waals surface area (Å²) in [6, 6.07) is 5.86. The summed E-state index contributed by atoms with van der Waals surface area (Å²) in [6.45, 7) is 1.02. The van der Waals surface area contributed by atoms with Crippen molar-refractivity contribution in [1.82, 2.24) is 5.32 Å². The van der Waals surface area contributed by atoms with E-state index >= 15 is 0 Å². The van der Waals surface area contributed by atoms with E-state index in [1.165, 1.54) is 12.1 Å². The van der Waals surface area contributed by atoms with E-state index in [2.05, 4.69) is 5.32 Å². The van der Waals surface area contributed by atoms with Gasteiger partial charge in [-0.1, -0.05) is 6.07 Å². The molecule has 0 aliphatic carbocycles. The van der Waals surface area contributed by atoms with E-state index in [4.69, 9.17) is 10.5 Å². The predicted octanol–water partition coefficient (Wildman–Crippen LogP) is 1.09. The van der Waals surface area contributed by atoms with Crippen molar-refractivity contribution in [3.8, 4) is 5.75 Å². The molecule has 17 heavy (non-hydrogen) atoms. The van der Waals surface area contributed by atoms with Gasteiger partial charge in [0.25, 0.3) is 0 Å². The quantitative estimate of drug-likeness (QED) is 0.755. The van der Waals surface area contributed by atoms with Crippen LogP contribution in [0.2, 0.25) is 0 Å². The Morgan fingerprint density at radius 3 is 2.88 bits per heavy atom. The Kier molecular flexibility index (Phi) is 8.09. The van der Waals surface area contributed by atoms with Crippen LogP contribution in [0.1, 0.15) is 6.42 Å². The van der Waals surface area contributed by atoms with Gasteiger partial charge in [-0.05, 0) is 12.1 Å². The summed E-state index contributed by atoms with van der Waals surface area (Å²) in [7, 11) is 0. The number of hydrogen-bond donors (Lipinski definition) is 2. The van der Waals surface area contributed by atoms with Gasteiger partial charge in [-0.3, -0.25) is 4.79 Å². The van der Waals surface area contributed by atoms with Gasteiger partial charge in [0.1, 0.15) is 18.2 Å². The van der Waals surface area contributed by atoms with Crippen LogP contribution in [0.4, 0.5) is 4.39 Å². The SMILES string of the molecule is Cl.NCCC(=O)NCCOc1cccc(F)c1. The van der Waals surface area contributed by atoms with Crippen LogP contribution in [-0.2, 0) is 4.79 Å². The van der Waals surface area contributed by atoms with Gasteiger partial charge in [0, 0.05) is 19.0 Å². The number of carbonyl (C=O) groups excluding carboxylic acids is 1. The molecule has 0 aliphatic heterocycles. The molecular weight excluding hydrogens is 247 g/mol. The zero-order valence-corrected chi connectivity index (χ0v) is 10.1. The molecule has 0 heterocycles. The van der Waals surface area contributed by atoms with Gasteiger partial charge in [0.2, 0.25) is 5.91 Å². The average Bonchev–Trinajstić information content (AvgIpc) is 2.25. The molecule has 0 radical (unpaired) electrons. The molecule has 0 atom stereocenters. The summed E-state index contributed by atoms with van der Waals surface area (Å²) < 4.78 is 18.0. The number of ether oxygens (including phenoxy) is 1. The summed E-state index contributed by atoms with van der Waals surface area (Å²) >= 11 is 0. The largest absolute Gasteiger partial charge is 0.492 e. The lowest BCUT2D eigenvalue weighted by Crippen LogP contribution is -2.29. The van der Waals surface area contributed by atoms with E-state index < -0.39 is 0 Å². The molecule has 1 amide bonds. The van der Waals surface area contributed by atoms with Gasteiger partial charge >= 0.3 is 0 Å². The lowest BCUT2D eigenvalue weighted by atomic mass is 10.3. The van der Waals surface area contributed by atoms with E-state index in [0.29, 0.717) is 31.9 Å². The molecule has 0 saturated carbocycles. The number of amides is 1. The maximum Gasteiger partial charge on any atom is 0.221 e. The third-order valence-electron chi connectivity index (χ3n) is 1.86. The number of benzene rings is 1. The van der Waals surface area contributed by atoms with E-state index in [1.54, 1.807) is 12.1 Å². The maximum atomic E-state index is 12.7. The fourth-order valence-electron chi connectivity index (χ4n) is 1.14. The fourth-order valence-corrected chi connectivity index (χ4v) is 1.14. The molecule has 1 aromatic carbocycles. The Labute approximate surface area is 106 Å². The first kappa shape index (κ1) is 15.7. The molecule has 3 N–H and O–H groups in total. The van der Waals surface area contributed by atoms with Crippen molar-refractivity contribution in [1.29, 1.82) is 0 Å². The molecule has 1 aromatic rings. The monoisotopic (exact) mass is 262 g/mol. The molecule has 1 rings (SSSR count). The summed E-state index contributed by atoms with van der Waals surface area (Å²) in [5.41, 5.74) is 5.21. The number of rotatable bonds is 6. The normalized spacial score (nSPS) is 9.29. The Balaban J connectivity index is 0.00000256. The van der Waals surface area contributed by atoms with Gasteiger partial charge in [-0.25, -0.2) is 4.39 Å². The summed E-state index contributed by atoms with van der Waals surface area (Å²) in [5, 5.41) is 2.63. The first-order chi connectivity index (χ1) is 7.72. The molecule has 0 saturated heterocycles. The Morgan fingerprint density at radius 1 is 1.47 bits per heavy atom. The van der Waals surface area contributed by atoms with Crippen LogP contribution in [0.15, 0.2) is 24.3 Å². The molecule has 0 unspecified atom stereocenters. The van der Waals surface area contributed by atoms with Gasteiger partial charge < -0.3 is 15.8 Å². The highest BCUT2D eigenvalue weighted by Gasteiger charge is 1.99. The number of nitrogens with two attached hydrogens (primary N) is 1. The lowest BCUT2D eigenvalue weighted by molar-refractivity contribution is -0.120. The Hall–Kier alpha value is -1.33. The topological polar surface area (TPSA) is 64.4 Å². The third kappa shape index (κ3) is 6.76. The van der Waals surface area contributed by atoms with Crippen LogP contribution in [0.25, 0.3) is 0 Å². The standard InChI is InChI=1S/C11H15FN2O2.ClH/c12-9-2-1-3-10(8-9)16-7-6-14-11(15)4-5-13;/h1-3,8H,4-7,13H2,(H,14,15);1H. The van der Waals surface area contributed by atoms with Crippen molar-refractivity contribution in [3.63, 3.8) is 0 Å². The molecule has 0 bridgehead atoms. The van der Waals surface area contributed by atoms with Crippen LogP contribution >= 0.6 is 12.4 Å². The molecule has 0 fully saturated rings. The molecule has 4 nitrogen and oxygen atoms in total. The number of hydrogen-bond acceptors (Lipinski definition) is 3. The maximum absolute atomic E-state index is 12.7. The minimum atomic E-state index is -0.343. The molecule has 0 aromatic heterocycles. The molecule has 0 spiro atoms. The van der Waals surface area contributed by atoms with Crippen molar-refractivity contribution < 1.29 is 13.9 Å². The van der Waals surface area contributed by atoms with Crippen molar-refractivity contribution in [2.45, 2.75) is 6.42 Å². The summed E-state index contributed by atoms with van der Waals surface area (Å²) in [6.07, 6.45) is 0.306. The van der Waals surface area contributed by atoms with Crippen LogP contribution in [0.3, 0.4) is 0 Å². The minimum Gasteiger partial charge on any atom is -0.492 e. The van der Waals surface area contributed by atoms with Crippen LogP contribution in [-0.4, -0.2) is 25.6 Å². The van der Waals surface area contributed by atoms with E-state index in [1.807, 2.05) is 0 Å². The highest BCUT2D eigenvalue weighted by molar-refractivity contribution is 5.85. The Bertz CT molecular complexity index is 350. The van der Waals surface area contributed by atoms with Gasteiger partial charge in [0.05, 0.1) is 6.54 Å². The molecule has 6 heteroatoms. The summed E-state index contributed by atoms with van der Waals surface area (Å²) in [4.78, 5) is 11.0. The van der Waals surface area contributed by atoms with Crippen LogP contribution in [0.5, 0.6) is 5.75 Å². The van der Waals surface area contributed by atoms with Crippen molar-refractivity contribution in [2.75, 3.05) is 19.7 Å². The molecule has 0 aliphatic rings. The van der Waals surface area contributed by atoms with Gasteiger partial charge in [-0.15, -0.1) is 12.4 Å². The number of nitrogens with one attached hydrogen (secondary N) is 1. The van der Waals surface area contributed by atoms with Crippen molar-refractivity contribution in [3.05, 3.63) is 30.1 Å². The Morgan fingerprint density at radius 2 is 2.24 bits per heavy atom. The lowest BCUT2D eigenvalue weighted by Gasteiger charge is -2.07. The van der Waals surface area contributed by atoms with Crippen molar-refractivity contribution >= 4 is 18.3 Å². The average molecular weight is 263 g/mol. The highest BCUT2D eigenvalue weighted by Crippen LogP contribution is 2.11. The van der Waals surface area contributed by atoms with Crippen LogP contribution < -0.4 is 15.8 Å². The third-order valence-corrected chi connectivity index (χ3v) is 1.86. The fraction of sp³-hybridized carbons (Fsp3) is 0.364. The molecule has 96 valence electrons. The van der Waals surface area contributed by atoms with Crippen molar-refractivity contribution in [2.24, 2.45) is 5.73 Å². The smallest absolute Gasteiger partial charge is 0.221 e. The minimum absolute atomic E-state index is 0. The first-order valence-corrected chi connectivity index (χ1v) is 5.07.